The molecule has 0 atom stereocenters. The molecule has 1 aliphatic carbocycles. The zero-order chi connectivity index (χ0) is 13.5. The normalized spacial score (nSPS) is 12.5. The first-order valence-corrected chi connectivity index (χ1v) is 6.28. The first-order chi connectivity index (χ1) is 8.65. The Morgan fingerprint density at radius 3 is 2.61 bits per heavy atom. The van der Waals surface area contributed by atoms with Gasteiger partial charge in [-0.15, -0.1) is 6.42 Å². The summed E-state index contributed by atoms with van der Waals surface area (Å²) in [7, 11) is 0. The maximum Gasteiger partial charge on any atom is 0.139 e. The number of rotatable bonds is 0. The summed E-state index contributed by atoms with van der Waals surface area (Å²) in [6, 6.07) is 3.21. The summed E-state index contributed by atoms with van der Waals surface area (Å²) in [6.45, 7) is 6.20. The molecule has 1 aromatic carbocycles. The van der Waals surface area contributed by atoms with Crippen molar-refractivity contribution in [2.45, 2.75) is 33.6 Å². The van der Waals surface area contributed by atoms with E-state index in [1.807, 2.05) is 19.1 Å². The van der Waals surface area contributed by atoms with E-state index < -0.39 is 0 Å². The highest BCUT2D eigenvalue weighted by Gasteiger charge is 2.04. The first kappa shape index (κ1) is 14.3. The molecule has 0 spiro atoms. The van der Waals surface area contributed by atoms with Gasteiger partial charge in [-0.3, -0.25) is 0 Å². The third-order valence-corrected chi connectivity index (χ3v) is 2.57. The topological polar surface area (TPSA) is 0 Å². The lowest BCUT2D eigenvalue weighted by Crippen LogP contribution is -2.30. The predicted molar refractivity (Wildman–Crippen MR) is 76.9 cm³/mol. The minimum atomic E-state index is -0.320. The first-order valence-electron chi connectivity index (χ1n) is 6.28. The quantitative estimate of drug-likeness (QED) is 0.613. The van der Waals surface area contributed by atoms with Crippen molar-refractivity contribution in [2.75, 3.05) is 0 Å². The molecule has 0 aliphatic heterocycles. The number of allylic oxidation sites excluding steroid dienone is 2. The monoisotopic (exact) mass is 242 g/mol. The zero-order valence-corrected chi connectivity index (χ0v) is 11.3. The van der Waals surface area contributed by atoms with Crippen molar-refractivity contribution in [1.29, 1.82) is 0 Å². The van der Waals surface area contributed by atoms with Crippen molar-refractivity contribution < 1.29 is 4.39 Å². The second-order valence-corrected chi connectivity index (χ2v) is 4.26. The Morgan fingerprint density at radius 2 is 2.00 bits per heavy atom. The van der Waals surface area contributed by atoms with Crippen LogP contribution in [-0.2, 0) is 0 Å². The van der Waals surface area contributed by atoms with Crippen LogP contribution in [0.1, 0.15) is 39.2 Å². The summed E-state index contributed by atoms with van der Waals surface area (Å²) < 4.78 is 13.5. The molecule has 2 rings (SSSR count). The zero-order valence-electron chi connectivity index (χ0n) is 11.3. The van der Waals surface area contributed by atoms with Crippen molar-refractivity contribution in [2.24, 2.45) is 0 Å². The van der Waals surface area contributed by atoms with Crippen LogP contribution in [0.2, 0.25) is 0 Å². The largest absolute Gasteiger partial charge is 0.206 e. The van der Waals surface area contributed by atoms with Crippen LogP contribution in [-0.4, -0.2) is 0 Å². The number of fused-ring (bicyclic) bond motifs is 1. The van der Waals surface area contributed by atoms with E-state index in [1.54, 1.807) is 6.07 Å². The standard InChI is InChI=1S/C14H11F.C3H8/c1-3-12-13(15)9-8-11-7-5-4-6-10(2)14(11)12;1-3-2/h1,4,6-9H,5H2,2H3;3H2,1-2H3. The molecular formula is C17H19F. The van der Waals surface area contributed by atoms with Crippen LogP contribution in [0.15, 0.2) is 24.3 Å². The molecule has 0 N–H and O–H groups in total. The van der Waals surface area contributed by atoms with Crippen molar-refractivity contribution in [3.8, 4) is 12.3 Å². The highest BCUT2D eigenvalue weighted by molar-refractivity contribution is 5.60. The van der Waals surface area contributed by atoms with E-state index in [0.29, 0.717) is 5.56 Å². The molecule has 0 heterocycles. The summed E-state index contributed by atoms with van der Waals surface area (Å²) >= 11 is 0. The van der Waals surface area contributed by atoms with Gasteiger partial charge in [0.05, 0.1) is 5.56 Å². The fraction of sp³-hybridized carbons (Fsp3) is 0.294. The molecule has 94 valence electrons. The average molecular weight is 242 g/mol. The van der Waals surface area contributed by atoms with E-state index in [0.717, 1.165) is 22.4 Å². The molecule has 0 unspecified atom stereocenters. The van der Waals surface area contributed by atoms with Crippen LogP contribution >= 0.6 is 0 Å². The van der Waals surface area contributed by atoms with Crippen molar-refractivity contribution in [3.05, 3.63) is 46.1 Å². The van der Waals surface area contributed by atoms with Crippen LogP contribution in [0.3, 0.4) is 0 Å². The molecule has 0 fully saturated rings. The van der Waals surface area contributed by atoms with Crippen molar-refractivity contribution in [3.63, 3.8) is 0 Å². The summed E-state index contributed by atoms with van der Waals surface area (Å²) in [6.07, 6.45) is 13.6. The lowest BCUT2D eigenvalue weighted by atomic mass is 10.1. The van der Waals surface area contributed by atoms with E-state index in [-0.39, 0.29) is 5.82 Å². The number of benzene rings is 1. The number of terminal acetylenes is 1. The molecule has 18 heavy (non-hydrogen) atoms. The Balaban J connectivity index is 0.000000492. The SMILES string of the molecule is C#Cc1c(F)ccc2c1=C(C)C=CCC=2.CCC. The summed E-state index contributed by atoms with van der Waals surface area (Å²) in [5.74, 6) is 2.11. The molecule has 0 saturated heterocycles. The second kappa shape index (κ2) is 6.81. The van der Waals surface area contributed by atoms with E-state index in [4.69, 9.17) is 6.42 Å². The second-order valence-electron chi connectivity index (χ2n) is 4.26. The smallest absolute Gasteiger partial charge is 0.139 e. The molecular weight excluding hydrogens is 223 g/mol. The highest BCUT2D eigenvalue weighted by atomic mass is 19.1. The molecule has 1 aliphatic rings. The third kappa shape index (κ3) is 3.11. The Labute approximate surface area is 109 Å². The highest BCUT2D eigenvalue weighted by Crippen LogP contribution is 2.03. The van der Waals surface area contributed by atoms with Gasteiger partial charge in [0.2, 0.25) is 0 Å². The van der Waals surface area contributed by atoms with Gasteiger partial charge < -0.3 is 0 Å². The van der Waals surface area contributed by atoms with Crippen LogP contribution in [0.5, 0.6) is 0 Å². The maximum absolute atomic E-state index is 13.5. The van der Waals surface area contributed by atoms with E-state index in [9.17, 15) is 4.39 Å². The lowest BCUT2D eigenvalue weighted by molar-refractivity contribution is 0.622. The molecule has 0 saturated carbocycles. The molecule has 0 radical (unpaired) electrons. The summed E-state index contributed by atoms with van der Waals surface area (Å²) in [5, 5.41) is 1.87. The minimum absolute atomic E-state index is 0.320. The minimum Gasteiger partial charge on any atom is -0.206 e. The lowest BCUT2D eigenvalue weighted by Gasteiger charge is -2.00. The van der Waals surface area contributed by atoms with Gasteiger partial charge in [0.1, 0.15) is 5.82 Å². The average Bonchev–Trinajstić information content (AvgIpc) is 2.53. The molecule has 1 heteroatoms. The van der Waals surface area contributed by atoms with Crippen LogP contribution in [0, 0.1) is 18.2 Å². The number of hydrogen-bond acceptors (Lipinski definition) is 0. The van der Waals surface area contributed by atoms with Gasteiger partial charge in [-0.1, -0.05) is 50.5 Å². The Morgan fingerprint density at radius 1 is 1.33 bits per heavy atom. The van der Waals surface area contributed by atoms with Gasteiger partial charge in [0.15, 0.2) is 0 Å². The van der Waals surface area contributed by atoms with Crippen molar-refractivity contribution in [1.82, 2.24) is 0 Å². The Bertz CT molecular complexity index is 598. The number of halogens is 1. The Kier molecular flexibility index (Phi) is 5.39. The fourth-order valence-electron chi connectivity index (χ4n) is 1.85. The molecule has 0 amide bonds. The van der Waals surface area contributed by atoms with E-state index in [1.165, 1.54) is 12.5 Å². The van der Waals surface area contributed by atoms with Gasteiger partial charge in [-0.2, -0.15) is 0 Å². The molecule has 0 aromatic heterocycles. The third-order valence-electron chi connectivity index (χ3n) is 2.57. The molecule has 0 nitrogen and oxygen atoms in total. The number of hydrogen-bond donors (Lipinski definition) is 0. The van der Waals surface area contributed by atoms with Gasteiger partial charge >= 0.3 is 0 Å². The summed E-state index contributed by atoms with van der Waals surface area (Å²) in [4.78, 5) is 0. The van der Waals surface area contributed by atoms with Gasteiger partial charge in [-0.05, 0) is 30.2 Å². The van der Waals surface area contributed by atoms with E-state index >= 15 is 0 Å². The maximum atomic E-state index is 13.5. The van der Waals surface area contributed by atoms with Gasteiger partial charge in [0, 0.05) is 5.22 Å². The van der Waals surface area contributed by atoms with Crippen molar-refractivity contribution >= 4 is 11.6 Å². The predicted octanol–water partition coefficient (Wildman–Crippen LogP) is 3.13. The Hall–Kier alpha value is -1.81. The molecule has 0 bridgehead atoms. The summed E-state index contributed by atoms with van der Waals surface area (Å²) in [5.41, 5.74) is 1.39. The fourth-order valence-corrected chi connectivity index (χ4v) is 1.85. The van der Waals surface area contributed by atoms with Crippen LogP contribution < -0.4 is 10.4 Å². The van der Waals surface area contributed by atoms with Gasteiger partial charge in [-0.25, -0.2) is 4.39 Å². The molecule has 1 aromatic rings. The van der Waals surface area contributed by atoms with Crippen LogP contribution in [0.4, 0.5) is 4.39 Å². The van der Waals surface area contributed by atoms with Gasteiger partial charge in [0.25, 0.3) is 0 Å². The van der Waals surface area contributed by atoms with Crippen LogP contribution in [0.25, 0.3) is 11.6 Å². The van der Waals surface area contributed by atoms with E-state index in [2.05, 4.69) is 25.8 Å².